The number of aliphatic carboxylic acids is 1. The topological polar surface area (TPSA) is 49.3 Å². The van der Waals surface area contributed by atoms with Crippen molar-refractivity contribution in [1.29, 1.82) is 0 Å². The first-order valence-corrected chi connectivity index (χ1v) is 9.03. The van der Waals surface area contributed by atoms with E-state index in [1.165, 1.54) is 38.5 Å². The van der Waals surface area contributed by atoms with Crippen LogP contribution in [0.25, 0.3) is 0 Å². The van der Waals surface area contributed by atoms with Crippen LogP contribution in [0.5, 0.6) is 0 Å². The quantitative estimate of drug-likeness (QED) is 0.741. The molecule has 3 heteroatoms. The average Bonchev–Trinajstić information content (AvgIpc) is 2.66. The van der Waals surface area contributed by atoms with Crippen molar-refractivity contribution in [2.24, 2.45) is 11.8 Å². The van der Waals surface area contributed by atoms with Gasteiger partial charge in [-0.3, -0.25) is 10.1 Å². The summed E-state index contributed by atoms with van der Waals surface area (Å²) < 4.78 is 0. The Morgan fingerprint density at radius 1 is 1.14 bits per heavy atom. The molecule has 2 fully saturated rings. The van der Waals surface area contributed by atoms with Crippen LogP contribution in [0.4, 0.5) is 0 Å². The van der Waals surface area contributed by atoms with Gasteiger partial charge < -0.3 is 5.11 Å². The van der Waals surface area contributed by atoms with Gasteiger partial charge >= 0.3 is 5.97 Å². The molecule has 2 rings (SSSR count). The van der Waals surface area contributed by atoms with E-state index in [0.717, 1.165) is 32.1 Å². The van der Waals surface area contributed by atoms with Crippen LogP contribution >= 0.6 is 0 Å². The third-order valence-corrected chi connectivity index (χ3v) is 5.40. The molecule has 2 N–H and O–H groups in total. The molecule has 122 valence electrons. The molecule has 0 aromatic rings. The lowest BCUT2D eigenvalue weighted by Gasteiger charge is -2.41. The minimum Gasteiger partial charge on any atom is -0.480 e. The Bertz CT molecular complexity index is 334. The van der Waals surface area contributed by atoms with Crippen molar-refractivity contribution < 1.29 is 9.90 Å². The number of hydrogen-bond acceptors (Lipinski definition) is 2. The predicted molar refractivity (Wildman–Crippen MR) is 86.4 cm³/mol. The van der Waals surface area contributed by atoms with E-state index in [2.05, 4.69) is 19.2 Å². The SMILES string of the molecule is CC(C)CC1CCCC(NC2CCCCCC2)(C(=O)O)C1. The first-order chi connectivity index (χ1) is 10.0. The van der Waals surface area contributed by atoms with Crippen molar-refractivity contribution in [2.45, 2.75) is 96.1 Å². The summed E-state index contributed by atoms with van der Waals surface area (Å²) in [5.41, 5.74) is -0.646. The number of carboxylic acids is 1. The molecule has 0 aromatic heterocycles. The zero-order chi connectivity index (χ0) is 15.3. The summed E-state index contributed by atoms with van der Waals surface area (Å²) in [4.78, 5) is 12.0. The van der Waals surface area contributed by atoms with Crippen molar-refractivity contribution in [2.75, 3.05) is 0 Å². The van der Waals surface area contributed by atoms with Gasteiger partial charge in [0.1, 0.15) is 5.54 Å². The second-order valence-electron chi connectivity index (χ2n) is 7.81. The largest absolute Gasteiger partial charge is 0.480 e. The molecule has 2 aliphatic carbocycles. The number of nitrogens with one attached hydrogen (secondary N) is 1. The van der Waals surface area contributed by atoms with E-state index in [-0.39, 0.29) is 0 Å². The van der Waals surface area contributed by atoms with Crippen LogP contribution in [-0.4, -0.2) is 22.7 Å². The minimum absolute atomic E-state index is 0.418. The third kappa shape index (κ3) is 4.70. The fraction of sp³-hybridized carbons (Fsp3) is 0.944. The molecule has 0 aliphatic heterocycles. The van der Waals surface area contributed by atoms with E-state index >= 15 is 0 Å². The lowest BCUT2D eigenvalue weighted by Crippen LogP contribution is -2.58. The van der Waals surface area contributed by atoms with Gasteiger partial charge in [0.2, 0.25) is 0 Å². The average molecular weight is 295 g/mol. The Morgan fingerprint density at radius 3 is 2.38 bits per heavy atom. The highest BCUT2D eigenvalue weighted by Crippen LogP contribution is 2.37. The Hall–Kier alpha value is -0.570. The summed E-state index contributed by atoms with van der Waals surface area (Å²) in [5.74, 6) is 0.630. The van der Waals surface area contributed by atoms with E-state index in [0.29, 0.717) is 17.9 Å². The predicted octanol–water partition coefficient (Wildman–Crippen LogP) is 4.36. The Balaban J connectivity index is 2.02. The van der Waals surface area contributed by atoms with Gasteiger partial charge in [-0.15, -0.1) is 0 Å². The molecule has 2 saturated carbocycles. The van der Waals surface area contributed by atoms with E-state index in [1.54, 1.807) is 0 Å². The highest BCUT2D eigenvalue weighted by molar-refractivity contribution is 5.79. The van der Waals surface area contributed by atoms with Crippen LogP contribution in [0.3, 0.4) is 0 Å². The maximum atomic E-state index is 12.0. The van der Waals surface area contributed by atoms with Crippen molar-refractivity contribution >= 4 is 5.97 Å². The summed E-state index contributed by atoms with van der Waals surface area (Å²) in [6.45, 7) is 4.49. The number of carboxylic acid groups (broad SMARTS) is 1. The zero-order valence-electron chi connectivity index (χ0n) is 13.9. The summed E-state index contributed by atoms with van der Waals surface area (Å²) in [5, 5.41) is 13.5. The summed E-state index contributed by atoms with van der Waals surface area (Å²) in [6.07, 6.45) is 12.5. The van der Waals surface area contributed by atoms with E-state index in [4.69, 9.17) is 0 Å². The van der Waals surface area contributed by atoms with E-state index in [9.17, 15) is 9.90 Å². The number of carbonyl (C=O) groups is 1. The normalized spacial score (nSPS) is 32.0. The smallest absolute Gasteiger partial charge is 0.323 e. The fourth-order valence-corrected chi connectivity index (χ4v) is 4.46. The maximum absolute atomic E-state index is 12.0. The van der Waals surface area contributed by atoms with Gasteiger partial charge in [0.15, 0.2) is 0 Å². The minimum atomic E-state index is -0.646. The maximum Gasteiger partial charge on any atom is 0.323 e. The molecule has 0 spiro atoms. The summed E-state index contributed by atoms with van der Waals surface area (Å²) in [7, 11) is 0. The molecule has 0 amide bonds. The van der Waals surface area contributed by atoms with E-state index in [1.807, 2.05) is 0 Å². The molecule has 0 heterocycles. The molecule has 0 radical (unpaired) electrons. The molecule has 21 heavy (non-hydrogen) atoms. The van der Waals surface area contributed by atoms with Crippen molar-refractivity contribution in [3.63, 3.8) is 0 Å². The molecule has 2 aliphatic rings. The van der Waals surface area contributed by atoms with Crippen LogP contribution in [0.15, 0.2) is 0 Å². The molecular weight excluding hydrogens is 262 g/mol. The molecule has 3 nitrogen and oxygen atoms in total. The van der Waals surface area contributed by atoms with Crippen LogP contribution in [0.1, 0.15) is 84.5 Å². The second kappa shape index (κ2) is 7.62. The standard InChI is InChI=1S/C18H33NO2/c1-14(2)12-15-8-7-11-18(13-15,17(20)21)19-16-9-5-3-4-6-10-16/h14-16,19H,3-13H2,1-2H3,(H,20,21). The second-order valence-corrected chi connectivity index (χ2v) is 7.81. The van der Waals surface area contributed by atoms with Crippen molar-refractivity contribution in [3.05, 3.63) is 0 Å². The van der Waals surface area contributed by atoms with Crippen LogP contribution in [-0.2, 0) is 4.79 Å². The highest BCUT2D eigenvalue weighted by Gasteiger charge is 2.44. The monoisotopic (exact) mass is 295 g/mol. The molecular formula is C18H33NO2. The van der Waals surface area contributed by atoms with Crippen LogP contribution in [0, 0.1) is 11.8 Å². The summed E-state index contributed by atoms with van der Waals surface area (Å²) in [6, 6.07) is 0.418. The van der Waals surface area contributed by atoms with Crippen LogP contribution in [0.2, 0.25) is 0 Å². The molecule has 0 bridgehead atoms. The Morgan fingerprint density at radius 2 is 1.81 bits per heavy atom. The zero-order valence-corrected chi connectivity index (χ0v) is 13.9. The van der Waals surface area contributed by atoms with Gasteiger partial charge in [-0.25, -0.2) is 0 Å². The lowest BCUT2D eigenvalue weighted by molar-refractivity contribution is -0.148. The van der Waals surface area contributed by atoms with E-state index < -0.39 is 11.5 Å². The van der Waals surface area contributed by atoms with Gasteiger partial charge in [0.05, 0.1) is 0 Å². The Labute approximate surface area is 129 Å². The van der Waals surface area contributed by atoms with Crippen molar-refractivity contribution in [3.8, 4) is 0 Å². The van der Waals surface area contributed by atoms with Gasteiger partial charge in [0.25, 0.3) is 0 Å². The highest BCUT2D eigenvalue weighted by atomic mass is 16.4. The molecule has 0 aromatic carbocycles. The first kappa shape index (κ1) is 16.8. The molecule has 2 atom stereocenters. The van der Waals surface area contributed by atoms with Gasteiger partial charge in [-0.05, 0) is 43.9 Å². The number of hydrogen-bond donors (Lipinski definition) is 2. The Kier molecular flexibility index (Phi) is 6.09. The summed E-state index contributed by atoms with van der Waals surface area (Å²) >= 11 is 0. The molecule has 0 saturated heterocycles. The van der Waals surface area contributed by atoms with Gasteiger partial charge in [0, 0.05) is 6.04 Å². The fourth-order valence-electron chi connectivity index (χ4n) is 4.46. The molecule has 2 unspecified atom stereocenters. The third-order valence-electron chi connectivity index (χ3n) is 5.40. The van der Waals surface area contributed by atoms with Gasteiger partial charge in [-0.2, -0.15) is 0 Å². The van der Waals surface area contributed by atoms with Crippen molar-refractivity contribution in [1.82, 2.24) is 5.32 Å². The lowest BCUT2D eigenvalue weighted by atomic mass is 9.72. The van der Waals surface area contributed by atoms with Gasteiger partial charge in [-0.1, -0.05) is 52.4 Å². The number of rotatable bonds is 5. The van der Waals surface area contributed by atoms with Crippen LogP contribution < -0.4 is 5.32 Å². The first-order valence-electron chi connectivity index (χ1n) is 9.03.